The van der Waals surface area contributed by atoms with E-state index in [1.54, 1.807) is 6.20 Å². The lowest BCUT2D eigenvalue weighted by Gasteiger charge is -2.36. The van der Waals surface area contributed by atoms with Gasteiger partial charge in [-0.1, -0.05) is 13.0 Å². The van der Waals surface area contributed by atoms with Gasteiger partial charge in [-0.15, -0.1) is 0 Å². The van der Waals surface area contributed by atoms with Crippen LogP contribution in [0, 0.1) is 17.1 Å². The number of piperidine rings is 1. The molecule has 1 aliphatic rings. The van der Waals surface area contributed by atoms with Crippen LogP contribution in [0.15, 0.2) is 42.7 Å². The number of aryl methyl sites for hydroxylation is 1. The highest BCUT2D eigenvalue weighted by Gasteiger charge is 2.25. The minimum Gasteiger partial charge on any atom is -0.478 e. The van der Waals surface area contributed by atoms with Gasteiger partial charge in [0.25, 0.3) is 5.88 Å². The average Bonchev–Trinajstić information content (AvgIpc) is 3.48. The van der Waals surface area contributed by atoms with Crippen LogP contribution in [0.25, 0.3) is 5.65 Å². The Morgan fingerprint density at radius 1 is 1.09 bits per heavy atom. The summed E-state index contributed by atoms with van der Waals surface area (Å²) in [6.45, 7) is 4.58. The van der Waals surface area contributed by atoms with Gasteiger partial charge in [-0.2, -0.15) is 14.9 Å². The van der Waals surface area contributed by atoms with Gasteiger partial charge in [0.15, 0.2) is 11.5 Å². The number of fused-ring (bicyclic) bond motifs is 1. The van der Waals surface area contributed by atoms with Gasteiger partial charge in [0.2, 0.25) is 5.88 Å². The number of rotatable bonds is 15. The second-order valence-electron chi connectivity index (χ2n) is 10.8. The van der Waals surface area contributed by atoms with E-state index >= 15 is 0 Å². The van der Waals surface area contributed by atoms with Crippen LogP contribution >= 0.6 is 0 Å². The first-order chi connectivity index (χ1) is 21.6. The summed E-state index contributed by atoms with van der Waals surface area (Å²) in [6, 6.07) is 10.6. The first kappa shape index (κ1) is 30.9. The summed E-state index contributed by atoms with van der Waals surface area (Å²) in [4.78, 5) is 15.6. The molecular weight excluding hydrogens is 563 g/mol. The van der Waals surface area contributed by atoms with E-state index in [1.807, 2.05) is 28.9 Å². The third kappa shape index (κ3) is 7.71. The first-order valence-electron chi connectivity index (χ1n) is 15.4. The number of unbranched alkanes of at least 4 members (excludes halogenated alkanes) is 2. The monoisotopic (exact) mass is 602 g/mol. The summed E-state index contributed by atoms with van der Waals surface area (Å²) in [5.41, 5.74) is 3.07. The third-order valence-electron chi connectivity index (χ3n) is 7.77. The molecule has 1 fully saturated rings. The Labute approximate surface area is 256 Å². The predicted octanol–water partition coefficient (Wildman–Crippen LogP) is 5.07. The maximum absolute atomic E-state index is 13.7. The van der Waals surface area contributed by atoms with Crippen molar-refractivity contribution in [2.45, 2.75) is 70.9 Å². The Bertz CT molecular complexity index is 1550. The van der Waals surface area contributed by atoms with Gasteiger partial charge in [-0.3, -0.25) is 0 Å². The molecule has 1 atom stereocenters. The highest BCUT2D eigenvalue weighted by atomic mass is 19.1. The number of hydrogen-bond donors (Lipinski definition) is 2. The molecule has 1 saturated heterocycles. The Balaban J connectivity index is 1.11. The van der Waals surface area contributed by atoms with Crippen LogP contribution in [0.1, 0.15) is 68.7 Å². The minimum atomic E-state index is -0.576. The fourth-order valence-electron chi connectivity index (χ4n) is 5.38. The molecule has 5 heterocycles. The number of aliphatic hydroxyl groups excluding tert-OH is 1. The van der Waals surface area contributed by atoms with E-state index in [9.17, 15) is 9.50 Å². The van der Waals surface area contributed by atoms with E-state index in [1.165, 1.54) is 18.6 Å². The van der Waals surface area contributed by atoms with Crippen LogP contribution in [0.2, 0.25) is 0 Å². The van der Waals surface area contributed by atoms with Gasteiger partial charge >= 0.3 is 0 Å². The van der Waals surface area contributed by atoms with E-state index in [0.29, 0.717) is 32.1 Å². The molecule has 0 unspecified atom stereocenters. The Morgan fingerprint density at radius 2 is 1.95 bits per heavy atom. The zero-order chi connectivity index (χ0) is 30.7. The summed E-state index contributed by atoms with van der Waals surface area (Å²) in [5.74, 6) is 1.61. The van der Waals surface area contributed by atoms with Gasteiger partial charge in [-0.05, 0) is 69.1 Å². The maximum atomic E-state index is 13.7. The van der Waals surface area contributed by atoms with Crippen molar-refractivity contribution in [3.05, 3.63) is 65.4 Å². The number of hydrogen-bond acceptors (Lipinski definition) is 10. The van der Waals surface area contributed by atoms with Gasteiger partial charge in [0.05, 0.1) is 19.4 Å². The molecule has 0 amide bonds. The van der Waals surface area contributed by atoms with Gasteiger partial charge in [0.1, 0.15) is 23.4 Å². The molecule has 2 N–H and O–H groups in total. The van der Waals surface area contributed by atoms with E-state index in [4.69, 9.17) is 19.7 Å². The Morgan fingerprint density at radius 3 is 2.73 bits per heavy atom. The Hall–Kier alpha value is -4.50. The van der Waals surface area contributed by atoms with Crippen molar-refractivity contribution in [2.24, 2.45) is 0 Å². The fourth-order valence-corrected chi connectivity index (χ4v) is 5.38. The molecular formula is C32H39FN8O3. The highest BCUT2D eigenvalue weighted by molar-refractivity contribution is 5.61. The topological polar surface area (TPSA) is 134 Å². The fraction of sp³-hybridized carbons (Fsp3) is 0.469. The van der Waals surface area contributed by atoms with Crippen molar-refractivity contribution in [3.63, 3.8) is 0 Å². The van der Waals surface area contributed by atoms with Crippen LogP contribution in [0.3, 0.4) is 0 Å². The van der Waals surface area contributed by atoms with E-state index in [-0.39, 0.29) is 24.2 Å². The zero-order valence-electron chi connectivity index (χ0n) is 25.1. The van der Waals surface area contributed by atoms with Crippen LogP contribution in [-0.2, 0) is 13.0 Å². The second kappa shape index (κ2) is 15.3. The largest absolute Gasteiger partial charge is 0.478 e. The molecule has 1 aliphatic heterocycles. The molecule has 44 heavy (non-hydrogen) atoms. The van der Waals surface area contributed by atoms with Crippen LogP contribution in [0.5, 0.6) is 11.8 Å². The van der Waals surface area contributed by atoms with E-state index in [2.05, 4.69) is 38.3 Å². The lowest BCUT2D eigenvalue weighted by molar-refractivity contribution is 0.261. The number of nitrogens with one attached hydrogen (secondary N) is 1. The normalized spacial score (nSPS) is 14.9. The summed E-state index contributed by atoms with van der Waals surface area (Å²) < 4.78 is 26.8. The summed E-state index contributed by atoms with van der Waals surface area (Å²) in [7, 11) is 0. The Kier molecular flexibility index (Phi) is 10.8. The van der Waals surface area contributed by atoms with Crippen molar-refractivity contribution in [1.82, 2.24) is 24.6 Å². The van der Waals surface area contributed by atoms with Crippen molar-refractivity contribution in [3.8, 4) is 17.8 Å². The third-order valence-corrected chi connectivity index (χ3v) is 7.77. The van der Waals surface area contributed by atoms with E-state index in [0.717, 1.165) is 73.5 Å². The molecule has 5 rings (SSSR count). The summed E-state index contributed by atoms with van der Waals surface area (Å²) >= 11 is 0. The molecule has 0 saturated carbocycles. The molecule has 12 heteroatoms. The molecule has 0 aliphatic carbocycles. The molecule has 0 bridgehead atoms. The SMILES string of the molecule is CCc1cnn2c(NCc3ccc(OCCCCCOc4nc(C#N)ccc4F)nc3)cc(N3CCCC[C@H]3CCO)nc12. The number of nitriles is 1. The number of anilines is 2. The van der Waals surface area contributed by atoms with E-state index < -0.39 is 5.82 Å². The summed E-state index contributed by atoms with van der Waals surface area (Å²) in [6.07, 6.45) is 10.9. The lowest BCUT2D eigenvalue weighted by Crippen LogP contribution is -2.40. The number of aromatic nitrogens is 5. The van der Waals surface area contributed by atoms with Crippen LogP contribution < -0.4 is 19.7 Å². The number of aliphatic hydroxyl groups is 1. The lowest BCUT2D eigenvalue weighted by atomic mass is 9.99. The maximum Gasteiger partial charge on any atom is 0.251 e. The number of nitrogens with zero attached hydrogens (tertiary/aromatic N) is 7. The zero-order valence-corrected chi connectivity index (χ0v) is 25.1. The quantitative estimate of drug-likeness (QED) is 0.178. The number of pyridine rings is 2. The molecule has 11 nitrogen and oxygen atoms in total. The molecule has 232 valence electrons. The summed E-state index contributed by atoms with van der Waals surface area (Å²) in [5, 5.41) is 26.6. The number of ether oxygens (including phenoxy) is 2. The second-order valence-corrected chi connectivity index (χ2v) is 10.8. The average molecular weight is 603 g/mol. The van der Waals surface area contributed by atoms with Crippen molar-refractivity contribution >= 4 is 17.3 Å². The predicted molar refractivity (Wildman–Crippen MR) is 164 cm³/mol. The van der Waals surface area contributed by atoms with Crippen molar-refractivity contribution in [1.29, 1.82) is 5.26 Å². The first-order valence-corrected chi connectivity index (χ1v) is 15.4. The molecule has 0 radical (unpaired) electrons. The minimum absolute atomic E-state index is 0.122. The standard InChI is InChI=1S/C32H39FN8O3/c1-2-24-22-37-41-28(18-29(39-31(24)41)40-14-5-4-8-26(40)13-15-42)35-20-23-9-12-30(36-21-23)43-16-6-3-7-17-44-32-27(33)11-10-25(19-34)38-32/h9-12,18,21-22,26,35,42H,2-8,13-17,20H2,1H3/t26-/m0/s1. The van der Waals surface area contributed by atoms with Crippen LogP contribution in [0.4, 0.5) is 16.0 Å². The van der Waals surface area contributed by atoms with Crippen molar-refractivity contribution in [2.75, 3.05) is 36.6 Å². The molecule has 0 aromatic carbocycles. The van der Waals surface area contributed by atoms with Gasteiger partial charge in [-0.25, -0.2) is 19.3 Å². The van der Waals surface area contributed by atoms with Gasteiger partial charge in [0, 0.05) is 49.6 Å². The van der Waals surface area contributed by atoms with Crippen molar-refractivity contribution < 1.29 is 19.0 Å². The molecule has 0 spiro atoms. The number of halogens is 1. The molecule has 4 aromatic heterocycles. The highest BCUT2D eigenvalue weighted by Crippen LogP contribution is 2.29. The molecule has 4 aromatic rings. The van der Waals surface area contributed by atoms with Crippen LogP contribution in [-0.4, -0.2) is 62.1 Å². The smallest absolute Gasteiger partial charge is 0.251 e. The van der Waals surface area contributed by atoms with Gasteiger partial charge < -0.3 is 24.8 Å².